The second-order valence-electron chi connectivity index (χ2n) is 5.34. The number of hydrogen-bond acceptors (Lipinski definition) is 4. The summed E-state index contributed by atoms with van der Waals surface area (Å²) in [6.45, 7) is 2.07. The van der Waals surface area contributed by atoms with E-state index in [0.717, 1.165) is 28.4 Å². The van der Waals surface area contributed by atoms with Crippen LogP contribution in [0.2, 0.25) is 0 Å². The van der Waals surface area contributed by atoms with Crippen LogP contribution >= 0.6 is 27.3 Å². The first-order valence-electron chi connectivity index (χ1n) is 7.45. The molecule has 2 aromatic rings. The molecule has 1 aromatic heterocycles. The minimum Gasteiger partial charge on any atom is -0.462 e. The van der Waals surface area contributed by atoms with E-state index in [4.69, 9.17) is 4.74 Å². The maximum atomic E-state index is 12.4. The highest BCUT2D eigenvalue weighted by molar-refractivity contribution is 9.10. The molecule has 1 N–H and O–H groups in total. The molecule has 0 spiro atoms. The van der Waals surface area contributed by atoms with E-state index in [0.29, 0.717) is 17.2 Å². The van der Waals surface area contributed by atoms with Gasteiger partial charge in [0.15, 0.2) is 0 Å². The van der Waals surface area contributed by atoms with Crippen molar-refractivity contribution in [3.05, 3.63) is 39.7 Å². The van der Waals surface area contributed by atoms with Crippen molar-refractivity contribution in [2.24, 2.45) is 5.92 Å². The second-order valence-corrected chi connectivity index (χ2v) is 7.14. The Morgan fingerprint density at radius 3 is 2.61 bits per heavy atom. The fourth-order valence-electron chi connectivity index (χ4n) is 2.26. The summed E-state index contributed by atoms with van der Waals surface area (Å²) in [5.74, 6) is -0.333. The first kappa shape index (κ1) is 16.2. The van der Waals surface area contributed by atoms with Crippen LogP contribution < -0.4 is 5.32 Å². The van der Waals surface area contributed by atoms with Crippen molar-refractivity contribution in [2.75, 3.05) is 11.9 Å². The molecule has 0 aliphatic heterocycles. The summed E-state index contributed by atoms with van der Waals surface area (Å²) >= 11 is 4.76. The van der Waals surface area contributed by atoms with Crippen molar-refractivity contribution in [3.63, 3.8) is 0 Å². The van der Waals surface area contributed by atoms with Crippen LogP contribution in [0.15, 0.2) is 34.1 Å². The molecular formula is C17H16BrNO3S. The first-order chi connectivity index (χ1) is 11.1. The van der Waals surface area contributed by atoms with Crippen LogP contribution in [-0.2, 0) is 9.53 Å². The van der Waals surface area contributed by atoms with Gasteiger partial charge in [0.1, 0.15) is 10.6 Å². The molecule has 0 unspecified atom stereocenters. The Kier molecular flexibility index (Phi) is 4.82. The summed E-state index contributed by atoms with van der Waals surface area (Å²) in [7, 11) is 0. The monoisotopic (exact) mass is 393 g/mol. The normalized spacial score (nSPS) is 13.7. The van der Waals surface area contributed by atoms with Crippen molar-refractivity contribution in [1.82, 2.24) is 0 Å². The minimum atomic E-state index is -0.405. The highest BCUT2D eigenvalue weighted by Gasteiger charge is 2.31. The molecule has 0 bridgehead atoms. The number of carbonyl (C=O) groups is 2. The molecule has 1 saturated carbocycles. The Bertz CT molecular complexity index is 735. The van der Waals surface area contributed by atoms with Gasteiger partial charge >= 0.3 is 5.97 Å². The summed E-state index contributed by atoms with van der Waals surface area (Å²) in [6.07, 6.45) is 1.84. The third-order valence-corrected chi connectivity index (χ3v) is 5.03. The molecule has 0 saturated heterocycles. The second kappa shape index (κ2) is 6.84. The molecule has 1 heterocycles. The molecule has 1 aromatic carbocycles. The molecule has 3 rings (SSSR count). The van der Waals surface area contributed by atoms with Crippen molar-refractivity contribution in [1.29, 1.82) is 0 Å². The van der Waals surface area contributed by atoms with E-state index in [2.05, 4.69) is 21.2 Å². The topological polar surface area (TPSA) is 55.4 Å². The van der Waals surface area contributed by atoms with E-state index in [9.17, 15) is 9.59 Å². The van der Waals surface area contributed by atoms with Gasteiger partial charge in [0.25, 0.3) is 0 Å². The SMILES string of the molecule is CCOC(=O)c1c(-c2ccc(Br)cc2)csc1NC(=O)C1CC1. The predicted molar refractivity (Wildman–Crippen MR) is 94.8 cm³/mol. The van der Waals surface area contributed by atoms with Crippen molar-refractivity contribution >= 4 is 44.1 Å². The standard InChI is InChI=1S/C17H16BrNO3S/c1-2-22-17(21)14-13(10-5-7-12(18)8-6-10)9-23-16(14)19-15(20)11-3-4-11/h5-9,11H,2-4H2,1H3,(H,19,20). The molecular weight excluding hydrogens is 378 g/mol. The molecule has 1 aliphatic carbocycles. The van der Waals surface area contributed by atoms with Gasteiger partial charge < -0.3 is 10.1 Å². The zero-order valence-electron chi connectivity index (χ0n) is 12.6. The summed E-state index contributed by atoms with van der Waals surface area (Å²) in [5, 5.41) is 5.34. The van der Waals surface area contributed by atoms with E-state index >= 15 is 0 Å². The lowest BCUT2D eigenvalue weighted by molar-refractivity contribution is -0.117. The van der Waals surface area contributed by atoms with E-state index in [-0.39, 0.29) is 11.8 Å². The molecule has 23 heavy (non-hydrogen) atoms. The van der Waals surface area contributed by atoms with Crippen LogP contribution in [0, 0.1) is 5.92 Å². The van der Waals surface area contributed by atoms with Crippen molar-refractivity contribution in [2.45, 2.75) is 19.8 Å². The minimum absolute atomic E-state index is 0.0141. The molecule has 120 valence electrons. The largest absolute Gasteiger partial charge is 0.462 e. The third-order valence-electron chi connectivity index (χ3n) is 3.61. The molecule has 1 fully saturated rings. The lowest BCUT2D eigenvalue weighted by Crippen LogP contribution is -2.15. The summed E-state index contributed by atoms with van der Waals surface area (Å²) in [4.78, 5) is 24.4. The first-order valence-corrected chi connectivity index (χ1v) is 9.12. The van der Waals surface area contributed by atoms with Gasteiger partial charge in [0.05, 0.1) is 6.61 Å². The molecule has 0 atom stereocenters. The predicted octanol–water partition coefficient (Wildman–Crippen LogP) is 4.70. The Morgan fingerprint density at radius 2 is 2.00 bits per heavy atom. The van der Waals surface area contributed by atoms with Gasteiger partial charge in [-0.3, -0.25) is 4.79 Å². The maximum absolute atomic E-state index is 12.4. The molecule has 6 heteroatoms. The maximum Gasteiger partial charge on any atom is 0.341 e. The number of nitrogens with one attached hydrogen (secondary N) is 1. The summed E-state index contributed by atoms with van der Waals surface area (Å²) in [6, 6.07) is 7.71. The number of anilines is 1. The van der Waals surface area contributed by atoms with Crippen LogP contribution in [0.1, 0.15) is 30.1 Å². The van der Waals surface area contributed by atoms with E-state index in [1.165, 1.54) is 11.3 Å². The van der Waals surface area contributed by atoms with Gasteiger partial charge in [-0.2, -0.15) is 0 Å². The van der Waals surface area contributed by atoms with Gasteiger partial charge in [-0.1, -0.05) is 28.1 Å². The van der Waals surface area contributed by atoms with Gasteiger partial charge in [-0.05, 0) is 37.5 Å². The lowest BCUT2D eigenvalue weighted by atomic mass is 10.0. The Balaban J connectivity index is 1.97. The van der Waals surface area contributed by atoms with Crippen LogP contribution in [-0.4, -0.2) is 18.5 Å². The smallest absolute Gasteiger partial charge is 0.341 e. The van der Waals surface area contributed by atoms with Gasteiger partial charge in [-0.25, -0.2) is 4.79 Å². The van der Waals surface area contributed by atoms with Crippen LogP contribution in [0.3, 0.4) is 0 Å². The van der Waals surface area contributed by atoms with Crippen molar-refractivity contribution in [3.8, 4) is 11.1 Å². The molecule has 1 aliphatic rings. The zero-order chi connectivity index (χ0) is 16.4. The average molecular weight is 394 g/mol. The lowest BCUT2D eigenvalue weighted by Gasteiger charge is -2.08. The highest BCUT2D eigenvalue weighted by atomic mass is 79.9. The van der Waals surface area contributed by atoms with E-state index in [1.54, 1.807) is 6.92 Å². The van der Waals surface area contributed by atoms with Gasteiger partial charge in [-0.15, -0.1) is 11.3 Å². The van der Waals surface area contributed by atoms with Crippen LogP contribution in [0.5, 0.6) is 0 Å². The third kappa shape index (κ3) is 3.64. The highest BCUT2D eigenvalue weighted by Crippen LogP contribution is 2.38. The Hall–Kier alpha value is -1.66. The quantitative estimate of drug-likeness (QED) is 0.748. The molecule has 1 amide bonds. The fourth-order valence-corrected chi connectivity index (χ4v) is 3.48. The van der Waals surface area contributed by atoms with Gasteiger partial charge in [0.2, 0.25) is 5.91 Å². The summed E-state index contributed by atoms with van der Waals surface area (Å²) < 4.78 is 6.15. The van der Waals surface area contributed by atoms with Crippen LogP contribution in [0.4, 0.5) is 5.00 Å². The number of esters is 1. The average Bonchev–Trinajstić information content (AvgIpc) is 3.30. The number of hydrogen-bond donors (Lipinski definition) is 1. The number of thiophene rings is 1. The molecule has 4 nitrogen and oxygen atoms in total. The summed E-state index contributed by atoms with van der Waals surface area (Å²) in [5.41, 5.74) is 2.14. The van der Waals surface area contributed by atoms with E-state index < -0.39 is 5.97 Å². The van der Waals surface area contributed by atoms with Gasteiger partial charge in [0, 0.05) is 21.3 Å². The van der Waals surface area contributed by atoms with Crippen LogP contribution in [0.25, 0.3) is 11.1 Å². The number of ether oxygens (including phenoxy) is 1. The number of benzene rings is 1. The number of rotatable bonds is 5. The fraction of sp³-hybridized carbons (Fsp3) is 0.294. The number of amides is 1. The molecule has 0 radical (unpaired) electrons. The Morgan fingerprint density at radius 1 is 1.30 bits per heavy atom. The number of carbonyl (C=O) groups excluding carboxylic acids is 2. The Labute approximate surface area is 147 Å². The van der Waals surface area contributed by atoms with E-state index in [1.807, 2.05) is 29.6 Å². The van der Waals surface area contributed by atoms with Crippen molar-refractivity contribution < 1.29 is 14.3 Å². The number of halogens is 1. The zero-order valence-corrected chi connectivity index (χ0v) is 15.0.